The number of para-hydroxylation sites is 1. The second-order valence-electron chi connectivity index (χ2n) is 3.75. The number of nitro groups is 1. The second-order valence-corrected chi connectivity index (χ2v) is 4.61. The van der Waals surface area contributed by atoms with Crippen LogP contribution in [0.15, 0.2) is 53.0 Å². The Kier molecular flexibility index (Phi) is 3.94. The highest BCUT2D eigenvalue weighted by Gasteiger charge is 2.08. The van der Waals surface area contributed by atoms with E-state index in [1.54, 1.807) is 6.07 Å². The third-order valence-corrected chi connectivity index (χ3v) is 3.24. The summed E-state index contributed by atoms with van der Waals surface area (Å²) in [5.74, 6) is 0. The molecule has 92 valence electrons. The Labute approximate surface area is 113 Å². The summed E-state index contributed by atoms with van der Waals surface area (Å²) in [7, 11) is 0. The monoisotopic (exact) mass is 306 g/mol. The van der Waals surface area contributed by atoms with Gasteiger partial charge in [0.1, 0.15) is 0 Å². The van der Waals surface area contributed by atoms with Gasteiger partial charge in [0.05, 0.1) is 4.92 Å². The van der Waals surface area contributed by atoms with E-state index in [-0.39, 0.29) is 5.69 Å². The molecule has 0 heterocycles. The Bertz CT molecular complexity index is 558. The van der Waals surface area contributed by atoms with E-state index in [1.807, 2.05) is 30.3 Å². The van der Waals surface area contributed by atoms with E-state index in [4.69, 9.17) is 0 Å². The van der Waals surface area contributed by atoms with E-state index >= 15 is 0 Å². The summed E-state index contributed by atoms with van der Waals surface area (Å²) in [4.78, 5) is 10.2. The van der Waals surface area contributed by atoms with Crippen LogP contribution < -0.4 is 5.32 Å². The second kappa shape index (κ2) is 5.64. The van der Waals surface area contributed by atoms with Gasteiger partial charge in [0, 0.05) is 28.8 Å². The molecule has 0 fully saturated rings. The highest BCUT2D eigenvalue weighted by atomic mass is 79.9. The van der Waals surface area contributed by atoms with Crippen LogP contribution in [0.5, 0.6) is 0 Å². The molecule has 0 atom stereocenters. The lowest BCUT2D eigenvalue weighted by atomic mass is 10.2. The molecule has 0 aliphatic rings. The molecule has 0 aromatic heterocycles. The van der Waals surface area contributed by atoms with Crippen LogP contribution in [0, 0.1) is 10.1 Å². The third kappa shape index (κ3) is 3.07. The van der Waals surface area contributed by atoms with Crippen LogP contribution >= 0.6 is 15.9 Å². The molecule has 0 aliphatic carbocycles. The van der Waals surface area contributed by atoms with Crippen molar-refractivity contribution in [3.8, 4) is 0 Å². The molecule has 0 saturated carbocycles. The molecule has 4 nitrogen and oxygen atoms in total. The van der Waals surface area contributed by atoms with Crippen LogP contribution in [-0.4, -0.2) is 4.92 Å². The SMILES string of the molecule is O=[N+]([O-])c1ccc(CNc2ccccc2)c(Br)c1. The summed E-state index contributed by atoms with van der Waals surface area (Å²) in [5.41, 5.74) is 2.08. The first-order valence-electron chi connectivity index (χ1n) is 5.38. The fourth-order valence-electron chi connectivity index (χ4n) is 1.55. The van der Waals surface area contributed by atoms with E-state index < -0.39 is 4.92 Å². The molecule has 2 rings (SSSR count). The molecule has 0 radical (unpaired) electrons. The molecule has 0 unspecified atom stereocenters. The van der Waals surface area contributed by atoms with E-state index in [1.165, 1.54) is 12.1 Å². The van der Waals surface area contributed by atoms with Crippen molar-refractivity contribution in [2.45, 2.75) is 6.54 Å². The molecule has 0 aliphatic heterocycles. The van der Waals surface area contributed by atoms with Crippen molar-refractivity contribution >= 4 is 27.3 Å². The number of hydrogen-bond donors (Lipinski definition) is 1. The lowest BCUT2D eigenvalue weighted by molar-refractivity contribution is -0.384. The van der Waals surface area contributed by atoms with Crippen LogP contribution in [0.4, 0.5) is 11.4 Å². The van der Waals surface area contributed by atoms with Gasteiger partial charge in [0.25, 0.3) is 5.69 Å². The van der Waals surface area contributed by atoms with Gasteiger partial charge in [-0.25, -0.2) is 0 Å². The Morgan fingerprint density at radius 1 is 1.17 bits per heavy atom. The molecule has 2 aromatic carbocycles. The third-order valence-electron chi connectivity index (χ3n) is 2.50. The van der Waals surface area contributed by atoms with Gasteiger partial charge >= 0.3 is 0 Å². The van der Waals surface area contributed by atoms with Crippen molar-refractivity contribution in [3.63, 3.8) is 0 Å². The number of nitro benzene ring substituents is 1. The molecule has 5 heteroatoms. The standard InChI is InChI=1S/C13H11BrN2O2/c14-13-8-12(16(17)18)7-6-10(13)9-15-11-4-2-1-3-5-11/h1-8,15H,9H2. The number of rotatable bonds is 4. The Morgan fingerprint density at radius 2 is 1.89 bits per heavy atom. The quantitative estimate of drug-likeness (QED) is 0.687. The smallest absolute Gasteiger partial charge is 0.270 e. The van der Waals surface area contributed by atoms with E-state index in [0.29, 0.717) is 6.54 Å². The van der Waals surface area contributed by atoms with Gasteiger partial charge in [-0.1, -0.05) is 34.1 Å². The minimum atomic E-state index is -0.404. The summed E-state index contributed by atoms with van der Waals surface area (Å²) in [6, 6.07) is 14.6. The van der Waals surface area contributed by atoms with Gasteiger partial charge in [-0.3, -0.25) is 10.1 Å². The first-order chi connectivity index (χ1) is 8.66. The zero-order valence-electron chi connectivity index (χ0n) is 9.47. The minimum Gasteiger partial charge on any atom is -0.381 e. The first kappa shape index (κ1) is 12.6. The van der Waals surface area contributed by atoms with Crippen LogP contribution in [0.1, 0.15) is 5.56 Å². The number of halogens is 1. The average Bonchev–Trinajstić information content (AvgIpc) is 2.38. The topological polar surface area (TPSA) is 55.2 Å². The van der Waals surface area contributed by atoms with E-state index in [2.05, 4.69) is 21.2 Å². The van der Waals surface area contributed by atoms with Crippen molar-refractivity contribution in [2.75, 3.05) is 5.32 Å². The fourth-order valence-corrected chi connectivity index (χ4v) is 2.05. The summed E-state index contributed by atoms with van der Waals surface area (Å²) < 4.78 is 0.736. The summed E-state index contributed by atoms with van der Waals surface area (Å²) >= 11 is 3.34. The molecule has 0 spiro atoms. The molecule has 0 bridgehead atoms. The van der Waals surface area contributed by atoms with Crippen molar-refractivity contribution in [1.82, 2.24) is 0 Å². The number of nitrogens with one attached hydrogen (secondary N) is 1. The van der Waals surface area contributed by atoms with Crippen LogP contribution in [-0.2, 0) is 6.54 Å². The van der Waals surface area contributed by atoms with E-state index in [0.717, 1.165) is 15.7 Å². The molecule has 2 aromatic rings. The fraction of sp³-hybridized carbons (Fsp3) is 0.0769. The minimum absolute atomic E-state index is 0.0883. The summed E-state index contributed by atoms with van der Waals surface area (Å²) in [6.45, 7) is 0.614. The van der Waals surface area contributed by atoms with Crippen molar-refractivity contribution in [2.24, 2.45) is 0 Å². The lowest BCUT2D eigenvalue weighted by Gasteiger charge is -2.07. The Hall–Kier alpha value is -1.88. The number of hydrogen-bond acceptors (Lipinski definition) is 3. The van der Waals surface area contributed by atoms with Gasteiger partial charge in [-0.05, 0) is 23.8 Å². The van der Waals surface area contributed by atoms with Crippen LogP contribution in [0.3, 0.4) is 0 Å². The number of anilines is 1. The van der Waals surface area contributed by atoms with E-state index in [9.17, 15) is 10.1 Å². The van der Waals surface area contributed by atoms with Gasteiger partial charge in [0.2, 0.25) is 0 Å². The predicted octanol–water partition coefficient (Wildman–Crippen LogP) is 3.97. The predicted molar refractivity (Wildman–Crippen MR) is 74.6 cm³/mol. The molecular formula is C13H11BrN2O2. The number of non-ortho nitro benzene ring substituents is 1. The lowest BCUT2D eigenvalue weighted by Crippen LogP contribution is -2.00. The molecule has 18 heavy (non-hydrogen) atoms. The normalized spacial score (nSPS) is 10.1. The van der Waals surface area contributed by atoms with Crippen LogP contribution in [0.25, 0.3) is 0 Å². The Morgan fingerprint density at radius 3 is 2.50 bits per heavy atom. The highest BCUT2D eigenvalue weighted by Crippen LogP contribution is 2.23. The maximum atomic E-state index is 10.6. The largest absolute Gasteiger partial charge is 0.381 e. The number of benzene rings is 2. The van der Waals surface area contributed by atoms with Gasteiger partial charge in [-0.15, -0.1) is 0 Å². The molecule has 1 N–H and O–H groups in total. The maximum absolute atomic E-state index is 10.6. The highest BCUT2D eigenvalue weighted by molar-refractivity contribution is 9.10. The molecule has 0 saturated heterocycles. The average molecular weight is 307 g/mol. The summed E-state index contributed by atoms with van der Waals surface area (Å²) in [6.07, 6.45) is 0. The molecule has 0 amide bonds. The van der Waals surface area contributed by atoms with Gasteiger partial charge in [-0.2, -0.15) is 0 Å². The zero-order chi connectivity index (χ0) is 13.0. The van der Waals surface area contributed by atoms with Crippen molar-refractivity contribution < 1.29 is 4.92 Å². The Balaban J connectivity index is 2.08. The van der Waals surface area contributed by atoms with Crippen molar-refractivity contribution in [1.29, 1.82) is 0 Å². The molecular weight excluding hydrogens is 296 g/mol. The zero-order valence-corrected chi connectivity index (χ0v) is 11.1. The summed E-state index contributed by atoms with van der Waals surface area (Å²) in [5, 5.41) is 13.9. The number of nitrogens with zero attached hydrogens (tertiary/aromatic N) is 1. The van der Waals surface area contributed by atoms with Gasteiger partial charge < -0.3 is 5.32 Å². The van der Waals surface area contributed by atoms with Crippen molar-refractivity contribution in [3.05, 3.63) is 68.7 Å². The first-order valence-corrected chi connectivity index (χ1v) is 6.18. The van der Waals surface area contributed by atoms with Crippen LogP contribution in [0.2, 0.25) is 0 Å². The van der Waals surface area contributed by atoms with Gasteiger partial charge in [0.15, 0.2) is 0 Å². The maximum Gasteiger partial charge on any atom is 0.270 e.